The Bertz CT molecular complexity index is 1280. The number of hydrogen-bond acceptors (Lipinski definition) is 5. The molecule has 1 fully saturated rings. The molecule has 0 unspecified atom stereocenters. The molecule has 1 aliphatic carbocycles. The number of nitrogens with one attached hydrogen (secondary N) is 2. The lowest BCUT2D eigenvalue weighted by Gasteiger charge is -2.19. The summed E-state index contributed by atoms with van der Waals surface area (Å²) in [4.78, 5) is 4.52. The van der Waals surface area contributed by atoms with Crippen LogP contribution in [0, 0.1) is 5.92 Å². The number of fused-ring (bicyclic) bond motifs is 2. The number of aromatic nitrogens is 1. The molecule has 1 saturated carbocycles. The number of halogens is 1. The van der Waals surface area contributed by atoms with Gasteiger partial charge in [0, 0.05) is 54.8 Å². The zero-order valence-corrected chi connectivity index (χ0v) is 21.0. The average Bonchev–Trinajstić information content (AvgIpc) is 3.47. The van der Waals surface area contributed by atoms with Crippen LogP contribution in [-0.4, -0.2) is 44.9 Å². The van der Waals surface area contributed by atoms with Gasteiger partial charge in [-0.05, 0) is 55.9 Å². The number of pyridine rings is 1. The third-order valence-electron chi connectivity index (χ3n) is 5.83. The van der Waals surface area contributed by atoms with Crippen LogP contribution < -0.4 is 9.44 Å². The summed E-state index contributed by atoms with van der Waals surface area (Å²) in [5.41, 5.74) is 0.121. The monoisotopic (exact) mass is 498 g/mol. The van der Waals surface area contributed by atoms with E-state index in [4.69, 9.17) is 0 Å². The van der Waals surface area contributed by atoms with Crippen LogP contribution in [0.25, 0.3) is 10.8 Å². The maximum atomic E-state index is 14.1. The Hall–Kier alpha value is -1.66. The zero-order chi connectivity index (χ0) is 24.2. The van der Waals surface area contributed by atoms with Crippen molar-refractivity contribution in [3.8, 4) is 0 Å². The Morgan fingerprint density at radius 3 is 2.45 bits per heavy atom. The zero-order valence-electron chi connectivity index (χ0n) is 19.4. The lowest BCUT2D eigenvalue weighted by Crippen LogP contribution is -2.39. The second kappa shape index (κ2) is 8.53. The first-order valence-corrected chi connectivity index (χ1v) is 14.1. The van der Waals surface area contributed by atoms with Gasteiger partial charge in [-0.15, -0.1) is 0 Å². The highest BCUT2D eigenvalue weighted by atomic mass is 32.2. The molecule has 0 radical (unpaired) electrons. The van der Waals surface area contributed by atoms with Crippen molar-refractivity contribution in [3.63, 3.8) is 0 Å². The van der Waals surface area contributed by atoms with Crippen LogP contribution in [0.15, 0.2) is 23.2 Å². The van der Waals surface area contributed by atoms with Crippen molar-refractivity contribution < 1.29 is 21.2 Å². The van der Waals surface area contributed by atoms with Crippen molar-refractivity contribution >= 4 is 31.0 Å². The second-order valence-corrected chi connectivity index (χ2v) is 13.5. The normalized spacial score (nSPS) is 17.8. The maximum absolute atomic E-state index is 14.1. The highest BCUT2D eigenvalue weighted by Gasteiger charge is 2.36. The minimum Gasteiger partial charge on any atom is -0.260 e. The molecule has 33 heavy (non-hydrogen) atoms. The highest BCUT2D eigenvalue weighted by molar-refractivity contribution is 7.89. The second-order valence-electron chi connectivity index (χ2n) is 10.0. The van der Waals surface area contributed by atoms with Crippen molar-refractivity contribution in [2.45, 2.75) is 70.1 Å². The maximum Gasteiger partial charge on any atom is 0.280 e. The first-order chi connectivity index (χ1) is 15.3. The van der Waals surface area contributed by atoms with E-state index in [9.17, 15) is 21.2 Å². The molecule has 0 bridgehead atoms. The fraction of sp³-hybridized carbons (Fsp3) is 0.591. The number of alkyl halides is 1. The third-order valence-corrected chi connectivity index (χ3v) is 8.83. The van der Waals surface area contributed by atoms with Crippen LogP contribution >= 0.6 is 0 Å². The van der Waals surface area contributed by atoms with Crippen molar-refractivity contribution in [2.24, 2.45) is 5.92 Å². The molecule has 1 aromatic carbocycles. The smallest absolute Gasteiger partial charge is 0.260 e. The van der Waals surface area contributed by atoms with Gasteiger partial charge in [0.25, 0.3) is 10.2 Å². The average molecular weight is 499 g/mol. The summed E-state index contributed by atoms with van der Waals surface area (Å²) >= 11 is 0. The molecule has 1 aromatic heterocycles. The lowest BCUT2D eigenvalue weighted by atomic mass is 10.0. The number of rotatable bonds is 9. The van der Waals surface area contributed by atoms with Gasteiger partial charge in [-0.25, -0.2) is 22.3 Å². The van der Waals surface area contributed by atoms with E-state index in [0.717, 1.165) is 18.5 Å². The molecule has 4 rings (SSSR count). The van der Waals surface area contributed by atoms with Gasteiger partial charge in [-0.2, -0.15) is 12.7 Å². The molecule has 11 heteroatoms. The van der Waals surface area contributed by atoms with E-state index in [1.54, 1.807) is 12.3 Å². The van der Waals surface area contributed by atoms with Gasteiger partial charge < -0.3 is 0 Å². The summed E-state index contributed by atoms with van der Waals surface area (Å²) in [6.45, 7) is 6.28. The Labute approximate surface area is 195 Å². The third kappa shape index (κ3) is 5.37. The van der Waals surface area contributed by atoms with Gasteiger partial charge in [0.05, 0.1) is 4.90 Å². The predicted octanol–water partition coefficient (Wildman–Crippen LogP) is 2.94. The number of hydrogen-bond donors (Lipinski definition) is 2. The summed E-state index contributed by atoms with van der Waals surface area (Å²) in [6.07, 6.45) is 3.66. The first-order valence-electron chi connectivity index (χ1n) is 11.1. The van der Waals surface area contributed by atoms with E-state index in [1.165, 1.54) is 18.2 Å². The van der Waals surface area contributed by atoms with E-state index >= 15 is 0 Å². The quantitative estimate of drug-likeness (QED) is 0.553. The summed E-state index contributed by atoms with van der Waals surface area (Å²) in [7, 11) is -7.92. The number of nitrogens with zero attached hydrogens (tertiary/aromatic N) is 2. The van der Waals surface area contributed by atoms with Crippen molar-refractivity contribution in [2.75, 3.05) is 13.1 Å². The molecular weight excluding hydrogens is 467 g/mol. The van der Waals surface area contributed by atoms with Gasteiger partial charge in [0.2, 0.25) is 10.0 Å². The molecule has 2 heterocycles. The fourth-order valence-corrected chi connectivity index (χ4v) is 6.89. The molecule has 2 aromatic rings. The topological polar surface area (TPSA) is 108 Å². The van der Waals surface area contributed by atoms with E-state index in [2.05, 4.69) is 14.4 Å². The molecule has 1 aliphatic heterocycles. The Balaban J connectivity index is 1.81. The van der Waals surface area contributed by atoms with Crippen molar-refractivity contribution in [3.05, 3.63) is 35.2 Å². The van der Waals surface area contributed by atoms with Crippen LogP contribution in [-0.2, 0) is 33.3 Å². The van der Waals surface area contributed by atoms with Gasteiger partial charge in [0.1, 0.15) is 5.67 Å². The minimum absolute atomic E-state index is 0.0186. The van der Waals surface area contributed by atoms with Crippen LogP contribution in [0.1, 0.15) is 63.3 Å². The molecule has 0 saturated heterocycles. The Morgan fingerprint density at radius 2 is 1.85 bits per heavy atom. The van der Waals surface area contributed by atoms with Gasteiger partial charge >= 0.3 is 0 Å². The number of sulfonamides is 1. The molecule has 8 nitrogen and oxygen atoms in total. The Morgan fingerprint density at radius 1 is 1.15 bits per heavy atom. The fourth-order valence-electron chi connectivity index (χ4n) is 3.89. The number of benzene rings is 1. The van der Waals surface area contributed by atoms with Crippen LogP contribution in [0.4, 0.5) is 4.39 Å². The highest BCUT2D eigenvalue weighted by Crippen LogP contribution is 2.42. The Kier molecular flexibility index (Phi) is 6.32. The molecule has 2 aliphatic rings. The standard InChI is InChI=1S/C22H31FN4O4S2/c1-14(2)9-25-33(30,31)27-11-17-7-16-10-24-20(15-5-6-15)8-18(16)21(19(17)12-27)32(28,29)26-13-22(3,4)23/h7-8,10,14-15,25-26H,5-6,9,11-13H2,1-4H3. The van der Waals surface area contributed by atoms with Gasteiger partial charge in [-0.1, -0.05) is 13.8 Å². The molecule has 0 amide bonds. The summed E-state index contributed by atoms with van der Waals surface area (Å²) in [6, 6.07) is 3.60. The van der Waals surface area contributed by atoms with Crippen molar-refractivity contribution in [1.82, 2.24) is 18.7 Å². The van der Waals surface area contributed by atoms with Gasteiger partial charge in [0.15, 0.2) is 0 Å². The molecule has 182 valence electrons. The summed E-state index contributed by atoms with van der Waals surface area (Å²) < 4.78 is 72.9. The molecule has 0 atom stereocenters. The molecule has 0 spiro atoms. The minimum atomic E-state index is -4.12. The van der Waals surface area contributed by atoms with Gasteiger partial charge in [-0.3, -0.25) is 4.98 Å². The van der Waals surface area contributed by atoms with E-state index in [0.29, 0.717) is 27.8 Å². The van der Waals surface area contributed by atoms with E-state index in [-0.39, 0.29) is 37.0 Å². The van der Waals surface area contributed by atoms with Crippen LogP contribution in [0.5, 0.6) is 0 Å². The van der Waals surface area contributed by atoms with E-state index < -0.39 is 25.9 Å². The lowest BCUT2D eigenvalue weighted by molar-refractivity contribution is 0.221. The molecular formula is C22H31FN4O4S2. The predicted molar refractivity (Wildman–Crippen MR) is 125 cm³/mol. The largest absolute Gasteiger partial charge is 0.280 e. The summed E-state index contributed by atoms with van der Waals surface area (Å²) in [5, 5.41) is 1.11. The van der Waals surface area contributed by atoms with E-state index in [1.807, 2.05) is 19.9 Å². The SMILES string of the molecule is CC(C)CNS(=O)(=O)N1Cc2cc3cnc(C4CC4)cc3c(S(=O)(=O)NCC(C)(C)F)c2C1. The molecule has 2 N–H and O–H groups in total. The van der Waals surface area contributed by atoms with Crippen LogP contribution in [0.3, 0.4) is 0 Å². The van der Waals surface area contributed by atoms with Crippen molar-refractivity contribution in [1.29, 1.82) is 0 Å². The summed E-state index contributed by atoms with van der Waals surface area (Å²) in [5.74, 6) is 0.441. The first kappa shape index (κ1) is 24.5. The van der Waals surface area contributed by atoms with Crippen LogP contribution in [0.2, 0.25) is 0 Å².